The number of rotatable bonds is 4. The van der Waals surface area contributed by atoms with E-state index in [1.165, 1.54) is 17.7 Å². The Balaban J connectivity index is 0.000000195. The molecule has 0 aromatic carbocycles. The summed E-state index contributed by atoms with van der Waals surface area (Å²) in [6.07, 6.45) is 4.52. The van der Waals surface area contributed by atoms with Gasteiger partial charge in [0.15, 0.2) is 0 Å². The van der Waals surface area contributed by atoms with E-state index in [9.17, 15) is 18.4 Å². The molecule has 3 aliphatic rings. The molecule has 1 saturated heterocycles. The van der Waals surface area contributed by atoms with Gasteiger partial charge in [-0.2, -0.15) is 5.26 Å². The van der Waals surface area contributed by atoms with E-state index in [4.69, 9.17) is 16.1 Å². The standard InChI is InChI=1S/C9H13F2N3O.C8H13NO2/c1-8(10,11)4-6(13)7(15)14-9(5-12)2-3-9;10-7(11)9-5-3-8(1-2-8)4-6-9/h6H,2-4,13H2,1H3,(H,14,15);1-6H2,(H,10,11)/t6-;/m0./s1. The summed E-state index contributed by atoms with van der Waals surface area (Å²) >= 11 is 0. The number of hydrogen-bond donors (Lipinski definition) is 3. The molecule has 0 radical (unpaired) electrons. The van der Waals surface area contributed by atoms with Crippen molar-refractivity contribution in [3.05, 3.63) is 0 Å². The number of nitrogens with zero attached hydrogens (tertiary/aromatic N) is 2. The number of hydrogen-bond acceptors (Lipinski definition) is 4. The monoisotopic (exact) mass is 372 g/mol. The molecule has 4 N–H and O–H groups in total. The highest BCUT2D eigenvalue weighted by molar-refractivity contribution is 5.83. The number of nitrogens with one attached hydrogen (secondary N) is 1. The molecule has 1 spiro atoms. The Labute approximate surface area is 151 Å². The Morgan fingerprint density at radius 2 is 1.81 bits per heavy atom. The van der Waals surface area contributed by atoms with Crippen molar-refractivity contribution in [2.24, 2.45) is 11.1 Å². The zero-order valence-electron chi connectivity index (χ0n) is 14.9. The van der Waals surface area contributed by atoms with Crippen molar-refractivity contribution in [2.75, 3.05) is 13.1 Å². The molecule has 26 heavy (non-hydrogen) atoms. The van der Waals surface area contributed by atoms with E-state index in [0.29, 0.717) is 25.2 Å². The largest absolute Gasteiger partial charge is 0.465 e. The molecule has 0 bridgehead atoms. The maximum absolute atomic E-state index is 12.5. The van der Waals surface area contributed by atoms with Crippen LogP contribution in [0.5, 0.6) is 0 Å². The number of likely N-dealkylation sites (tertiary alicyclic amines) is 1. The van der Waals surface area contributed by atoms with Gasteiger partial charge < -0.3 is 21.1 Å². The average molecular weight is 372 g/mol. The van der Waals surface area contributed by atoms with Gasteiger partial charge in [0, 0.05) is 19.5 Å². The highest BCUT2D eigenvalue weighted by Crippen LogP contribution is 2.53. The second-order valence-electron chi connectivity index (χ2n) is 7.83. The van der Waals surface area contributed by atoms with Crippen molar-refractivity contribution in [3.63, 3.8) is 0 Å². The van der Waals surface area contributed by atoms with Crippen LogP contribution in [0.25, 0.3) is 0 Å². The van der Waals surface area contributed by atoms with Gasteiger partial charge in [-0.1, -0.05) is 0 Å². The van der Waals surface area contributed by atoms with E-state index in [0.717, 1.165) is 25.9 Å². The lowest BCUT2D eigenvalue weighted by Crippen LogP contribution is -2.48. The molecule has 0 aromatic rings. The SMILES string of the molecule is CC(F)(F)C[C@H](N)C(=O)NC1(C#N)CC1.O=C(O)N1CCC2(CC1)CC2. The first-order chi connectivity index (χ1) is 12.0. The van der Waals surface area contributed by atoms with Crippen molar-refractivity contribution in [1.82, 2.24) is 10.2 Å². The number of carboxylic acid groups (broad SMARTS) is 1. The highest BCUT2D eigenvalue weighted by Gasteiger charge is 2.46. The second-order valence-corrected chi connectivity index (χ2v) is 7.83. The number of halogens is 2. The summed E-state index contributed by atoms with van der Waals surface area (Å²) in [5.41, 5.74) is 5.03. The molecule has 1 atom stereocenters. The third kappa shape index (κ3) is 5.80. The summed E-state index contributed by atoms with van der Waals surface area (Å²) < 4.78 is 25.1. The van der Waals surface area contributed by atoms with E-state index in [2.05, 4.69) is 5.32 Å². The molecule has 0 unspecified atom stereocenters. The molecule has 1 heterocycles. The molecule has 2 amide bonds. The molecule has 7 nitrogen and oxygen atoms in total. The normalized spacial score (nSPS) is 23.1. The van der Waals surface area contributed by atoms with Crippen LogP contribution in [0.2, 0.25) is 0 Å². The fourth-order valence-electron chi connectivity index (χ4n) is 3.05. The zero-order valence-corrected chi connectivity index (χ0v) is 14.9. The van der Waals surface area contributed by atoms with Crippen LogP contribution in [0.3, 0.4) is 0 Å². The lowest BCUT2D eigenvalue weighted by molar-refractivity contribution is -0.125. The van der Waals surface area contributed by atoms with Crippen molar-refractivity contribution in [1.29, 1.82) is 5.26 Å². The van der Waals surface area contributed by atoms with Crippen LogP contribution in [0.4, 0.5) is 13.6 Å². The van der Waals surface area contributed by atoms with Gasteiger partial charge in [-0.25, -0.2) is 13.6 Å². The third-order valence-corrected chi connectivity index (χ3v) is 5.29. The van der Waals surface area contributed by atoms with Crippen molar-refractivity contribution in [3.8, 4) is 6.07 Å². The summed E-state index contributed by atoms with van der Waals surface area (Å²) in [7, 11) is 0. The first-order valence-electron chi connectivity index (χ1n) is 8.84. The summed E-state index contributed by atoms with van der Waals surface area (Å²) in [5.74, 6) is -3.66. The Bertz CT molecular complexity index is 582. The number of nitrogens with two attached hydrogens (primary N) is 1. The molecule has 9 heteroatoms. The zero-order chi connectivity index (χ0) is 19.6. The third-order valence-electron chi connectivity index (χ3n) is 5.29. The van der Waals surface area contributed by atoms with Crippen molar-refractivity contribution < 1.29 is 23.5 Å². The van der Waals surface area contributed by atoms with E-state index < -0.39 is 35.9 Å². The lowest BCUT2D eigenvalue weighted by atomic mass is 9.94. The van der Waals surface area contributed by atoms with Crippen LogP contribution >= 0.6 is 0 Å². The number of nitriles is 1. The van der Waals surface area contributed by atoms with E-state index in [1.54, 1.807) is 0 Å². The van der Waals surface area contributed by atoms with Crippen molar-refractivity contribution >= 4 is 12.0 Å². The van der Waals surface area contributed by atoms with Crippen molar-refractivity contribution in [2.45, 2.75) is 69.4 Å². The van der Waals surface area contributed by atoms with Gasteiger partial charge in [-0.15, -0.1) is 0 Å². The number of alkyl halides is 2. The Kier molecular flexibility index (Phi) is 5.76. The molecular weight excluding hydrogens is 346 g/mol. The molecule has 3 rings (SSSR count). The summed E-state index contributed by atoms with van der Waals surface area (Å²) in [4.78, 5) is 23.4. The van der Waals surface area contributed by atoms with Crippen LogP contribution in [0.1, 0.15) is 51.9 Å². The molecule has 3 fully saturated rings. The van der Waals surface area contributed by atoms with Crippen LogP contribution in [-0.2, 0) is 4.79 Å². The van der Waals surface area contributed by atoms with E-state index >= 15 is 0 Å². The van der Waals surface area contributed by atoms with Crippen LogP contribution < -0.4 is 11.1 Å². The van der Waals surface area contributed by atoms with Crippen LogP contribution in [-0.4, -0.2) is 52.6 Å². The fourth-order valence-corrected chi connectivity index (χ4v) is 3.05. The average Bonchev–Trinajstić information content (AvgIpc) is 3.46. The topological polar surface area (TPSA) is 119 Å². The maximum Gasteiger partial charge on any atom is 0.407 e. The van der Waals surface area contributed by atoms with E-state index in [1.807, 2.05) is 6.07 Å². The van der Waals surface area contributed by atoms with Crippen LogP contribution in [0.15, 0.2) is 0 Å². The molecular formula is C17H26F2N4O3. The number of amides is 2. The number of piperidine rings is 1. The first-order valence-corrected chi connectivity index (χ1v) is 8.84. The molecule has 2 saturated carbocycles. The first kappa shape index (κ1) is 20.4. The highest BCUT2D eigenvalue weighted by atomic mass is 19.3. The minimum atomic E-state index is -2.97. The quantitative estimate of drug-likeness (QED) is 0.698. The van der Waals surface area contributed by atoms with E-state index in [-0.39, 0.29) is 0 Å². The Morgan fingerprint density at radius 1 is 1.27 bits per heavy atom. The summed E-state index contributed by atoms with van der Waals surface area (Å²) in [6, 6.07) is 0.658. The predicted octanol–water partition coefficient (Wildman–Crippen LogP) is 2.07. The lowest BCUT2D eigenvalue weighted by Gasteiger charge is -2.29. The molecule has 1 aliphatic heterocycles. The predicted molar refractivity (Wildman–Crippen MR) is 89.4 cm³/mol. The fraction of sp³-hybridized carbons (Fsp3) is 0.824. The minimum absolute atomic E-state index is 0.560. The minimum Gasteiger partial charge on any atom is -0.465 e. The molecule has 2 aliphatic carbocycles. The second kappa shape index (κ2) is 7.35. The van der Waals surface area contributed by atoms with Gasteiger partial charge in [0.25, 0.3) is 0 Å². The number of carbonyl (C=O) groups excluding carboxylic acids is 1. The molecule has 146 valence electrons. The van der Waals surface area contributed by atoms with Gasteiger partial charge >= 0.3 is 6.09 Å². The summed E-state index contributed by atoms with van der Waals surface area (Å²) in [5, 5.41) is 19.7. The van der Waals surface area contributed by atoms with Gasteiger partial charge in [0.1, 0.15) is 5.54 Å². The smallest absolute Gasteiger partial charge is 0.407 e. The van der Waals surface area contributed by atoms with Gasteiger partial charge in [0.05, 0.1) is 12.1 Å². The van der Waals surface area contributed by atoms with Gasteiger partial charge in [0.2, 0.25) is 11.8 Å². The summed E-state index contributed by atoms with van der Waals surface area (Å²) in [6.45, 7) is 2.22. The molecule has 0 aromatic heterocycles. The van der Waals surface area contributed by atoms with Gasteiger partial charge in [-0.3, -0.25) is 4.79 Å². The van der Waals surface area contributed by atoms with Gasteiger partial charge in [-0.05, 0) is 50.9 Å². The Hall–Kier alpha value is -1.95. The Morgan fingerprint density at radius 3 is 2.15 bits per heavy atom. The number of carbonyl (C=O) groups is 2. The van der Waals surface area contributed by atoms with Crippen LogP contribution in [0, 0.1) is 16.7 Å². The maximum atomic E-state index is 12.5.